The Morgan fingerprint density at radius 1 is 1.25 bits per heavy atom. The SMILES string of the molecule is Cc1nn(-c2ccc(F)cc2)c(Cl)c1/C=C/C(=O)OC(C)C(=O)Nc1ccccc1C#N. The van der Waals surface area contributed by atoms with E-state index in [1.54, 1.807) is 31.2 Å². The molecular weight excluding hydrogens is 435 g/mol. The zero-order valence-electron chi connectivity index (χ0n) is 17.2. The number of ether oxygens (including phenoxy) is 1. The number of esters is 1. The molecule has 2 aromatic carbocycles. The van der Waals surface area contributed by atoms with Gasteiger partial charge in [0, 0.05) is 11.6 Å². The van der Waals surface area contributed by atoms with E-state index >= 15 is 0 Å². The van der Waals surface area contributed by atoms with Gasteiger partial charge in [0.25, 0.3) is 5.91 Å². The summed E-state index contributed by atoms with van der Waals surface area (Å²) in [7, 11) is 0. The van der Waals surface area contributed by atoms with Gasteiger partial charge in [-0.25, -0.2) is 13.9 Å². The Labute approximate surface area is 188 Å². The van der Waals surface area contributed by atoms with Crippen LogP contribution in [-0.4, -0.2) is 27.8 Å². The summed E-state index contributed by atoms with van der Waals surface area (Å²) in [6.07, 6.45) is 1.47. The summed E-state index contributed by atoms with van der Waals surface area (Å²) in [5.41, 5.74) is 2.21. The molecule has 0 aliphatic heterocycles. The molecule has 3 rings (SSSR count). The minimum atomic E-state index is -1.10. The van der Waals surface area contributed by atoms with Crippen molar-refractivity contribution in [1.82, 2.24) is 9.78 Å². The summed E-state index contributed by atoms with van der Waals surface area (Å²) < 4.78 is 19.7. The average Bonchev–Trinajstić information content (AvgIpc) is 3.06. The number of nitrogens with one attached hydrogen (secondary N) is 1. The van der Waals surface area contributed by atoms with Crippen molar-refractivity contribution < 1.29 is 18.7 Å². The van der Waals surface area contributed by atoms with E-state index in [2.05, 4.69) is 10.4 Å². The molecule has 3 aromatic rings. The van der Waals surface area contributed by atoms with Crippen LogP contribution in [0.25, 0.3) is 11.8 Å². The number of rotatable bonds is 6. The van der Waals surface area contributed by atoms with Crippen molar-refractivity contribution in [3.63, 3.8) is 0 Å². The molecule has 0 saturated heterocycles. The number of halogens is 2. The number of hydrogen-bond donors (Lipinski definition) is 1. The lowest BCUT2D eigenvalue weighted by Gasteiger charge is -2.13. The van der Waals surface area contributed by atoms with Gasteiger partial charge in [0.2, 0.25) is 0 Å². The molecule has 0 aliphatic rings. The molecule has 162 valence electrons. The molecule has 0 bridgehead atoms. The molecule has 0 saturated carbocycles. The predicted octanol–water partition coefficient (Wildman–Crippen LogP) is 4.43. The van der Waals surface area contributed by atoms with Crippen LogP contribution in [-0.2, 0) is 14.3 Å². The van der Waals surface area contributed by atoms with Crippen LogP contribution in [0.2, 0.25) is 5.15 Å². The van der Waals surface area contributed by atoms with Gasteiger partial charge in [-0.15, -0.1) is 0 Å². The molecule has 1 unspecified atom stereocenters. The molecule has 1 aromatic heterocycles. The van der Waals surface area contributed by atoms with Gasteiger partial charge in [0.15, 0.2) is 6.10 Å². The maximum Gasteiger partial charge on any atom is 0.331 e. The minimum absolute atomic E-state index is 0.233. The Hall–Kier alpha value is -3.96. The lowest BCUT2D eigenvalue weighted by Crippen LogP contribution is -2.29. The number of para-hydroxylation sites is 1. The number of nitrogens with zero attached hydrogens (tertiary/aromatic N) is 3. The number of aromatic nitrogens is 2. The molecule has 0 spiro atoms. The smallest absolute Gasteiger partial charge is 0.331 e. The monoisotopic (exact) mass is 452 g/mol. The predicted molar refractivity (Wildman–Crippen MR) is 118 cm³/mol. The van der Waals surface area contributed by atoms with Gasteiger partial charge in [-0.05, 0) is 56.3 Å². The highest BCUT2D eigenvalue weighted by Crippen LogP contribution is 2.25. The Balaban J connectivity index is 1.67. The normalized spacial score (nSPS) is 11.7. The summed E-state index contributed by atoms with van der Waals surface area (Å²) >= 11 is 6.38. The fourth-order valence-electron chi connectivity index (χ4n) is 2.80. The van der Waals surface area contributed by atoms with E-state index in [9.17, 15) is 14.0 Å². The number of carbonyl (C=O) groups is 2. The summed E-state index contributed by atoms with van der Waals surface area (Å²) in [6.45, 7) is 3.13. The van der Waals surface area contributed by atoms with Crippen LogP contribution < -0.4 is 5.32 Å². The van der Waals surface area contributed by atoms with Gasteiger partial charge < -0.3 is 10.1 Å². The average molecular weight is 453 g/mol. The van der Waals surface area contributed by atoms with Crippen molar-refractivity contribution in [1.29, 1.82) is 5.26 Å². The van der Waals surface area contributed by atoms with E-state index < -0.39 is 18.0 Å². The lowest BCUT2D eigenvalue weighted by molar-refractivity contribution is -0.148. The van der Waals surface area contributed by atoms with E-state index in [1.807, 2.05) is 6.07 Å². The molecule has 0 fully saturated rings. The van der Waals surface area contributed by atoms with Gasteiger partial charge in [-0.3, -0.25) is 4.79 Å². The maximum atomic E-state index is 13.2. The van der Waals surface area contributed by atoms with Crippen LogP contribution in [0.1, 0.15) is 23.7 Å². The first-order valence-corrected chi connectivity index (χ1v) is 9.87. The van der Waals surface area contributed by atoms with Crippen molar-refractivity contribution in [3.8, 4) is 11.8 Å². The van der Waals surface area contributed by atoms with Crippen molar-refractivity contribution in [3.05, 3.63) is 82.4 Å². The molecule has 1 amide bonds. The van der Waals surface area contributed by atoms with Crippen molar-refractivity contribution in [2.45, 2.75) is 20.0 Å². The van der Waals surface area contributed by atoms with E-state index in [0.29, 0.717) is 28.2 Å². The second kappa shape index (κ2) is 9.90. The third-order valence-electron chi connectivity index (χ3n) is 4.47. The highest BCUT2D eigenvalue weighted by atomic mass is 35.5. The van der Waals surface area contributed by atoms with E-state index in [-0.39, 0.29) is 11.0 Å². The van der Waals surface area contributed by atoms with Gasteiger partial charge in [-0.2, -0.15) is 10.4 Å². The number of aryl methyl sites for hydroxylation is 1. The van der Waals surface area contributed by atoms with Crippen molar-refractivity contribution in [2.75, 3.05) is 5.32 Å². The Morgan fingerprint density at radius 3 is 2.62 bits per heavy atom. The molecular formula is C23H18ClFN4O3. The van der Waals surface area contributed by atoms with Gasteiger partial charge in [0.1, 0.15) is 17.0 Å². The van der Waals surface area contributed by atoms with E-state index in [4.69, 9.17) is 21.6 Å². The Morgan fingerprint density at radius 2 is 1.94 bits per heavy atom. The number of amides is 1. The number of anilines is 1. The number of hydrogen-bond acceptors (Lipinski definition) is 5. The molecule has 32 heavy (non-hydrogen) atoms. The molecule has 1 heterocycles. The van der Waals surface area contributed by atoms with Gasteiger partial charge >= 0.3 is 5.97 Å². The second-order valence-electron chi connectivity index (χ2n) is 6.74. The van der Waals surface area contributed by atoms with Crippen LogP contribution >= 0.6 is 11.6 Å². The number of carbonyl (C=O) groups excluding carboxylic acids is 2. The first-order chi connectivity index (χ1) is 15.3. The maximum absolute atomic E-state index is 13.2. The largest absolute Gasteiger partial charge is 0.449 e. The van der Waals surface area contributed by atoms with Crippen LogP contribution in [0.4, 0.5) is 10.1 Å². The Bertz CT molecular complexity index is 1230. The molecule has 9 heteroatoms. The third kappa shape index (κ3) is 5.20. The first kappa shape index (κ1) is 22.7. The number of benzene rings is 2. The first-order valence-electron chi connectivity index (χ1n) is 9.50. The van der Waals surface area contributed by atoms with E-state index in [0.717, 1.165) is 6.08 Å². The summed E-state index contributed by atoms with van der Waals surface area (Å²) in [6, 6.07) is 14.1. The summed E-state index contributed by atoms with van der Waals surface area (Å²) in [4.78, 5) is 24.5. The molecule has 0 aliphatic carbocycles. The van der Waals surface area contributed by atoms with Crippen LogP contribution in [0, 0.1) is 24.1 Å². The zero-order chi connectivity index (χ0) is 23.3. The van der Waals surface area contributed by atoms with Gasteiger partial charge in [-0.1, -0.05) is 23.7 Å². The third-order valence-corrected chi connectivity index (χ3v) is 4.84. The Kier molecular flexibility index (Phi) is 7.03. The highest BCUT2D eigenvalue weighted by Gasteiger charge is 2.18. The number of nitriles is 1. The van der Waals surface area contributed by atoms with Crippen molar-refractivity contribution in [2.24, 2.45) is 0 Å². The van der Waals surface area contributed by atoms with Gasteiger partial charge in [0.05, 0.1) is 22.6 Å². The molecule has 1 atom stereocenters. The molecule has 7 nitrogen and oxygen atoms in total. The second-order valence-corrected chi connectivity index (χ2v) is 7.10. The topological polar surface area (TPSA) is 97.0 Å². The van der Waals surface area contributed by atoms with Crippen LogP contribution in [0.15, 0.2) is 54.6 Å². The molecule has 0 radical (unpaired) electrons. The van der Waals surface area contributed by atoms with Crippen LogP contribution in [0.5, 0.6) is 0 Å². The van der Waals surface area contributed by atoms with Crippen molar-refractivity contribution >= 4 is 35.2 Å². The fraction of sp³-hybridized carbons (Fsp3) is 0.130. The van der Waals surface area contributed by atoms with E-state index in [1.165, 1.54) is 41.9 Å². The summed E-state index contributed by atoms with van der Waals surface area (Å²) in [5.74, 6) is -1.72. The summed E-state index contributed by atoms with van der Waals surface area (Å²) in [5, 5.41) is 16.2. The standard InChI is InChI=1S/C23H18ClFN4O3/c1-14-19(22(24)29(28-14)18-9-7-17(25)8-10-18)11-12-21(30)32-15(2)23(31)27-20-6-4-3-5-16(20)13-26/h3-12,15H,1-2H3,(H,27,31)/b12-11+. The zero-order valence-corrected chi connectivity index (χ0v) is 17.9. The highest BCUT2D eigenvalue weighted by molar-refractivity contribution is 6.31. The quantitative estimate of drug-likeness (QED) is 0.441. The fourth-order valence-corrected chi connectivity index (χ4v) is 3.13. The lowest BCUT2D eigenvalue weighted by atomic mass is 10.2. The molecule has 1 N–H and O–H groups in total. The minimum Gasteiger partial charge on any atom is -0.449 e. The van der Waals surface area contributed by atoms with Crippen LogP contribution in [0.3, 0.4) is 0 Å².